The van der Waals surface area contributed by atoms with Crippen molar-refractivity contribution < 1.29 is 23.8 Å². The third kappa shape index (κ3) is 5.40. The minimum atomic E-state index is -0.899. The fourth-order valence-electron chi connectivity index (χ4n) is 2.83. The van der Waals surface area contributed by atoms with Gasteiger partial charge in [0, 0.05) is 15.2 Å². The summed E-state index contributed by atoms with van der Waals surface area (Å²) in [6, 6.07) is 16.1. The van der Waals surface area contributed by atoms with Gasteiger partial charge in [-0.1, -0.05) is 56.1 Å². The molecular weight excluding hydrogens is 516 g/mol. The summed E-state index contributed by atoms with van der Waals surface area (Å²) in [7, 11) is 0. The van der Waals surface area contributed by atoms with Crippen LogP contribution in [-0.2, 0) is 10.1 Å². The van der Waals surface area contributed by atoms with Gasteiger partial charge in [-0.2, -0.15) is 0 Å². The number of carbonyl (C=O) groups excluding carboxylic acids is 2. The quantitative estimate of drug-likeness (QED) is 0.155. The molecule has 0 fully saturated rings. The van der Waals surface area contributed by atoms with Crippen molar-refractivity contribution in [3.05, 3.63) is 70.2 Å². The van der Waals surface area contributed by atoms with Crippen molar-refractivity contribution in [2.45, 2.75) is 31.7 Å². The Hall–Kier alpha value is -2.38. The van der Waals surface area contributed by atoms with Gasteiger partial charge >= 0.3 is 12.1 Å². The highest BCUT2D eigenvalue weighted by Gasteiger charge is 2.27. The topological polar surface area (TPSA) is 61.8 Å². The molecular formula is C23H20Br2O5. The molecule has 0 aliphatic carbocycles. The number of benzene rings is 3. The molecule has 0 saturated heterocycles. The molecule has 0 heterocycles. The highest BCUT2D eigenvalue weighted by molar-refractivity contribution is 9.10. The molecule has 3 aromatic carbocycles. The van der Waals surface area contributed by atoms with Crippen LogP contribution in [0.1, 0.15) is 36.7 Å². The summed E-state index contributed by atoms with van der Waals surface area (Å²) >= 11 is 6.86. The van der Waals surface area contributed by atoms with Gasteiger partial charge in [0.05, 0.1) is 0 Å². The van der Waals surface area contributed by atoms with Crippen LogP contribution in [0.5, 0.6) is 11.5 Å². The maximum absolute atomic E-state index is 13.1. The lowest BCUT2D eigenvalue weighted by molar-refractivity contribution is 0.0207. The minimum Gasteiger partial charge on any atom is -0.428 e. The van der Waals surface area contributed by atoms with Gasteiger partial charge in [0.15, 0.2) is 5.75 Å². The van der Waals surface area contributed by atoms with Crippen LogP contribution in [0.2, 0.25) is 0 Å². The number of carbonyl (C=O) groups is 2. The minimum absolute atomic E-state index is 0.0958. The van der Waals surface area contributed by atoms with Crippen molar-refractivity contribution in [2.75, 3.05) is 0 Å². The predicted octanol–water partition coefficient (Wildman–Crippen LogP) is 7.03. The van der Waals surface area contributed by atoms with Gasteiger partial charge in [0.2, 0.25) is 0 Å². The van der Waals surface area contributed by atoms with E-state index in [1.807, 2.05) is 24.3 Å². The first-order valence-electron chi connectivity index (χ1n) is 9.17. The normalized spacial score (nSPS) is 11.2. The molecule has 5 nitrogen and oxygen atoms in total. The molecule has 0 spiro atoms. The number of alkyl halides is 1. The van der Waals surface area contributed by atoms with E-state index in [4.69, 9.17) is 14.2 Å². The first kappa shape index (κ1) is 22.3. The van der Waals surface area contributed by atoms with E-state index in [0.29, 0.717) is 22.0 Å². The maximum atomic E-state index is 13.1. The summed E-state index contributed by atoms with van der Waals surface area (Å²) in [6.45, 7) is 5.22. The third-order valence-corrected chi connectivity index (χ3v) is 5.11. The van der Waals surface area contributed by atoms with Crippen LogP contribution < -0.4 is 9.47 Å². The fourth-order valence-corrected chi connectivity index (χ4v) is 3.63. The van der Waals surface area contributed by atoms with Gasteiger partial charge in [-0.15, -0.1) is 0 Å². The zero-order valence-electron chi connectivity index (χ0n) is 16.7. The standard InChI is InChI=1S/C23H20Br2O5/c1-23(2,3)30-22(27)29-20-18-12-16(25)10-9-14(18)11-15(13-24)19(20)21(26)28-17-7-5-4-6-8-17/h4-12H,13H2,1-3H3. The fraction of sp³-hybridized carbons (Fsp3) is 0.217. The Morgan fingerprint density at radius 1 is 0.967 bits per heavy atom. The average molecular weight is 536 g/mol. The molecule has 0 amide bonds. The van der Waals surface area contributed by atoms with E-state index in [1.165, 1.54) is 0 Å². The van der Waals surface area contributed by atoms with Crippen molar-refractivity contribution in [2.24, 2.45) is 0 Å². The predicted molar refractivity (Wildman–Crippen MR) is 123 cm³/mol. The number of para-hydroxylation sites is 1. The first-order chi connectivity index (χ1) is 14.2. The molecule has 156 valence electrons. The van der Waals surface area contributed by atoms with Crippen LogP contribution in [0.4, 0.5) is 4.79 Å². The molecule has 0 aliphatic heterocycles. The Kier molecular flexibility index (Phi) is 6.83. The lowest BCUT2D eigenvalue weighted by Crippen LogP contribution is -2.27. The molecule has 0 radical (unpaired) electrons. The van der Waals surface area contributed by atoms with Crippen LogP contribution in [0.3, 0.4) is 0 Å². The summed E-state index contributed by atoms with van der Waals surface area (Å²) in [5.74, 6) is -0.143. The zero-order chi connectivity index (χ0) is 21.9. The Balaban J connectivity index is 2.15. The van der Waals surface area contributed by atoms with Gasteiger partial charge in [-0.3, -0.25) is 0 Å². The number of rotatable bonds is 4. The molecule has 0 aliphatic rings. The smallest absolute Gasteiger partial charge is 0.428 e. The summed E-state index contributed by atoms with van der Waals surface area (Å²) in [5.41, 5.74) is 0.0436. The van der Waals surface area contributed by atoms with Gasteiger partial charge in [0.1, 0.15) is 16.9 Å². The van der Waals surface area contributed by atoms with Crippen LogP contribution in [0, 0.1) is 0 Å². The van der Waals surface area contributed by atoms with E-state index >= 15 is 0 Å². The molecule has 0 aromatic heterocycles. The molecule has 0 unspecified atom stereocenters. The highest BCUT2D eigenvalue weighted by atomic mass is 79.9. The number of ether oxygens (including phenoxy) is 3. The van der Waals surface area contributed by atoms with E-state index in [-0.39, 0.29) is 11.3 Å². The van der Waals surface area contributed by atoms with E-state index < -0.39 is 17.7 Å². The van der Waals surface area contributed by atoms with E-state index in [9.17, 15) is 9.59 Å². The molecule has 0 atom stereocenters. The Morgan fingerprint density at radius 3 is 2.30 bits per heavy atom. The molecule has 7 heteroatoms. The molecule has 30 heavy (non-hydrogen) atoms. The van der Waals surface area contributed by atoms with Crippen molar-refractivity contribution in [3.8, 4) is 11.5 Å². The molecule has 3 aromatic rings. The highest BCUT2D eigenvalue weighted by Crippen LogP contribution is 2.37. The second kappa shape index (κ2) is 9.18. The van der Waals surface area contributed by atoms with Crippen molar-refractivity contribution in [1.29, 1.82) is 0 Å². The Labute approximate surface area is 191 Å². The van der Waals surface area contributed by atoms with Crippen molar-refractivity contribution >= 4 is 54.8 Å². The molecule has 0 saturated carbocycles. The number of halogens is 2. The summed E-state index contributed by atoms with van der Waals surface area (Å²) in [4.78, 5) is 25.6. The van der Waals surface area contributed by atoms with Crippen LogP contribution >= 0.6 is 31.9 Å². The van der Waals surface area contributed by atoms with E-state index in [1.54, 1.807) is 51.1 Å². The number of esters is 1. The second-order valence-electron chi connectivity index (χ2n) is 7.51. The average Bonchev–Trinajstić information content (AvgIpc) is 2.67. The van der Waals surface area contributed by atoms with E-state index in [2.05, 4.69) is 31.9 Å². The SMILES string of the molecule is CC(C)(C)OC(=O)Oc1c(C(=O)Oc2ccccc2)c(CBr)cc2ccc(Br)cc12. The van der Waals surface area contributed by atoms with Crippen LogP contribution in [0.15, 0.2) is 59.1 Å². The first-order valence-corrected chi connectivity index (χ1v) is 11.1. The van der Waals surface area contributed by atoms with Gasteiger partial charge in [-0.25, -0.2) is 9.59 Å². The lowest BCUT2D eigenvalue weighted by atomic mass is 10.00. The summed E-state index contributed by atoms with van der Waals surface area (Å²) < 4.78 is 17.2. The van der Waals surface area contributed by atoms with E-state index in [0.717, 1.165) is 9.86 Å². The van der Waals surface area contributed by atoms with Gasteiger partial charge < -0.3 is 14.2 Å². The van der Waals surface area contributed by atoms with Gasteiger partial charge in [0.25, 0.3) is 0 Å². The van der Waals surface area contributed by atoms with Crippen molar-refractivity contribution in [3.63, 3.8) is 0 Å². The molecule has 0 bridgehead atoms. The summed E-state index contributed by atoms with van der Waals surface area (Å²) in [6.07, 6.45) is -0.899. The Bertz CT molecular complexity index is 1090. The second-order valence-corrected chi connectivity index (χ2v) is 8.98. The lowest BCUT2D eigenvalue weighted by Gasteiger charge is -2.21. The van der Waals surface area contributed by atoms with Crippen molar-refractivity contribution in [1.82, 2.24) is 0 Å². The molecule has 0 N–H and O–H groups in total. The number of hydrogen-bond donors (Lipinski definition) is 0. The third-order valence-electron chi connectivity index (χ3n) is 4.01. The molecule has 3 rings (SSSR count). The maximum Gasteiger partial charge on any atom is 0.514 e. The monoisotopic (exact) mass is 534 g/mol. The van der Waals surface area contributed by atoms with Crippen LogP contribution in [-0.4, -0.2) is 17.7 Å². The number of hydrogen-bond acceptors (Lipinski definition) is 5. The number of fused-ring (bicyclic) bond motifs is 1. The van der Waals surface area contributed by atoms with Gasteiger partial charge in [-0.05, 0) is 62.1 Å². The zero-order valence-corrected chi connectivity index (χ0v) is 19.9. The largest absolute Gasteiger partial charge is 0.514 e. The summed E-state index contributed by atoms with van der Waals surface area (Å²) in [5, 5.41) is 1.76. The van der Waals surface area contributed by atoms with Crippen LogP contribution in [0.25, 0.3) is 10.8 Å². The Morgan fingerprint density at radius 2 is 1.67 bits per heavy atom.